The molecule has 0 unspecified atom stereocenters. The third kappa shape index (κ3) is 7.62. The third-order valence-corrected chi connectivity index (χ3v) is 8.04. The predicted molar refractivity (Wildman–Crippen MR) is 162 cm³/mol. The smallest absolute Gasteiger partial charge is 0.212 e. The Morgan fingerprint density at radius 1 is 1.02 bits per heavy atom. The van der Waals surface area contributed by atoms with Crippen LogP contribution >= 0.6 is 11.6 Å². The van der Waals surface area contributed by atoms with Crippen molar-refractivity contribution in [1.82, 2.24) is 20.0 Å². The molecule has 42 heavy (non-hydrogen) atoms. The maximum Gasteiger partial charge on any atom is 0.212 e. The normalized spacial score (nSPS) is 11.6. The Morgan fingerprint density at radius 3 is 2.71 bits per heavy atom. The van der Waals surface area contributed by atoms with E-state index in [-0.39, 0.29) is 18.2 Å². The Bertz CT molecular complexity index is 1800. The Hall–Kier alpha value is -4.03. The standard InChI is InChI=1S/C30H29ClFN5O4S/c1-2-36-42(38,39)13-12-33-17-24-8-11-28(41-24)21-6-9-27-25(15-21)30(35-19-34-27)37-23-7-10-29(26(31)16-23)40-18-20-4-3-5-22(32)14-20/h3-11,14-16,19,33,36H,2,12-13,17-18H2,1H3,(H,34,35,37). The lowest BCUT2D eigenvalue weighted by Gasteiger charge is -2.12. The van der Waals surface area contributed by atoms with Crippen molar-refractivity contribution in [2.45, 2.75) is 20.1 Å². The van der Waals surface area contributed by atoms with E-state index in [1.165, 1.54) is 18.5 Å². The Morgan fingerprint density at radius 2 is 1.90 bits per heavy atom. The second-order valence-electron chi connectivity index (χ2n) is 9.40. The van der Waals surface area contributed by atoms with E-state index in [4.69, 9.17) is 20.8 Å². The molecule has 0 radical (unpaired) electrons. The summed E-state index contributed by atoms with van der Waals surface area (Å²) < 4.78 is 51.3. The molecule has 2 aromatic heterocycles. The molecule has 0 spiro atoms. The van der Waals surface area contributed by atoms with Gasteiger partial charge in [-0.25, -0.2) is 27.5 Å². The minimum Gasteiger partial charge on any atom is -0.487 e. The zero-order valence-corrected chi connectivity index (χ0v) is 24.3. The maximum atomic E-state index is 13.4. The summed E-state index contributed by atoms with van der Waals surface area (Å²) in [5.74, 6) is 2.07. The van der Waals surface area contributed by atoms with Gasteiger partial charge in [-0.05, 0) is 66.2 Å². The van der Waals surface area contributed by atoms with Gasteiger partial charge in [0.2, 0.25) is 10.0 Å². The summed E-state index contributed by atoms with van der Waals surface area (Å²) in [6, 6.07) is 21.0. The zero-order valence-electron chi connectivity index (χ0n) is 22.7. The van der Waals surface area contributed by atoms with Gasteiger partial charge in [0.05, 0.1) is 22.8 Å². The molecule has 0 aliphatic carbocycles. The number of nitrogens with one attached hydrogen (secondary N) is 3. The van der Waals surface area contributed by atoms with Gasteiger partial charge < -0.3 is 19.8 Å². The molecule has 218 valence electrons. The molecule has 5 rings (SSSR count). The average molecular weight is 610 g/mol. The number of benzene rings is 3. The molecule has 3 aromatic carbocycles. The number of ether oxygens (including phenoxy) is 1. The monoisotopic (exact) mass is 609 g/mol. The van der Waals surface area contributed by atoms with Crippen molar-refractivity contribution in [2.24, 2.45) is 0 Å². The molecule has 0 saturated heterocycles. The summed E-state index contributed by atoms with van der Waals surface area (Å²) in [5, 5.41) is 7.57. The minimum atomic E-state index is -3.28. The van der Waals surface area contributed by atoms with Crippen molar-refractivity contribution in [3.63, 3.8) is 0 Å². The molecule has 0 aliphatic rings. The average Bonchev–Trinajstić information content (AvgIpc) is 3.44. The van der Waals surface area contributed by atoms with Crippen LogP contribution in [-0.4, -0.2) is 37.2 Å². The molecule has 0 bridgehead atoms. The highest BCUT2D eigenvalue weighted by molar-refractivity contribution is 7.89. The molecule has 9 nitrogen and oxygen atoms in total. The summed E-state index contributed by atoms with van der Waals surface area (Å²) in [6.07, 6.45) is 1.48. The SMILES string of the molecule is CCNS(=O)(=O)CCNCc1ccc(-c2ccc3ncnc(Nc4ccc(OCc5cccc(F)c5)c(Cl)c4)c3c2)o1. The van der Waals surface area contributed by atoms with Crippen molar-refractivity contribution < 1.29 is 22.0 Å². The topological polar surface area (TPSA) is 118 Å². The van der Waals surface area contributed by atoms with Crippen molar-refractivity contribution in [2.75, 3.05) is 24.2 Å². The fraction of sp³-hybridized carbons (Fsp3) is 0.200. The first-order valence-corrected chi connectivity index (χ1v) is 15.3. The number of hydrogen-bond acceptors (Lipinski definition) is 8. The van der Waals surface area contributed by atoms with Crippen molar-refractivity contribution in [3.8, 4) is 17.1 Å². The molecule has 2 heterocycles. The van der Waals surface area contributed by atoms with Crippen molar-refractivity contribution >= 4 is 44.0 Å². The third-order valence-electron chi connectivity index (χ3n) is 6.27. The maximum absolute atomic E-state index is 13.4. The zero-order chi connectivity index (χ0) is 29.5. The lowest BCUT2D eigenvalue weighted by Crippen LogP contribution is -2.31. The first-order chi connectivity index (χ1) is 20.3. The lowest BCUT2D eigenvalue weighted by molar-refractivity contribution is 0.306. The van der Waals surface area contributed by atoms with E-state index in [9.17, 15) is 12.8 Å². The van der Waals surface area contributed by atoms with Crippen molar-refractivity contribution in [1.29, 1.82) is 0 Å². The van der Waals surface area contributed by atoms with Gasteiger partial charge in [0.25, 0.3) is 0 Å². The van der Waals surface area contributed by atoms with Gasteiger partial charge in [0, 0.05) is 29.7 Å². The molecule has 3 N–H and O–H groups in total. The highest BCUT2D eigenvalue weighted by Crippen LogP contribution is 2.32. The number of anilines is 2. The van der Waals surface area contributed by atoms with Crippen LogP contribution in [0.25, 0.3) is 22.2 Å². The van der Waals surface area contributed by atoms with Crippen LogP contribution in [-0.2, 0) is 23.2 Å². The summed E-state index contributed by atoms with van der Waals surface area (Å²) in [4.78, 5) is 8.81. The Kier molecular flexibility index (Phi) is 9.33. The van der Waals surface area contributed by atoms with E-state index in [1.807, 2.05) is 36.4 Å². The summed E-state index contributed by atoms with van der Waals surface area (Å²) in [6.45, 7) is 3.00. The number of fused-ring (bicyclic) bond motifs is 1. The van der Waals surface area contributed by atoms with E-state index in [1.54, 1.807) is 31.2 Å². The van der Waals surface area contributed by atoms with E-state index in [0.29, 0.717) is 59.0 Å². The molecule has 0 fully saturated rings. The summed E-state index contributed by atoms with van der Waals surface area (Å²) in [7, 11) is -3.28. The van der Waals surface area contributed by atoms with E-state index < -0.39 is 10.0 Å². The number of rotatable bonds is 13. The quantitative estimate of drug-likeness (QED) is 0.138. The van der Waals surface area contributed by atoms with Crippen LogP contribution in [0.15, 0.2) is 83.5 Å². The molecule has 0 aliphatic heterocycles. The van der Waals surface area contributed by atoms with E-state index in [0.717, 1.165) is 16.5 Å². The molecular formula is C30H29ClFN5O4S. The molecule has 12 heteroatoms. The number of hydrogen-bond donors (Lipinski definition) is 3. The molecular weight excluding hydrogens is 581 g/mol. The van der Waals surface area contributed by atoms with E-state index >= 15 is 0 Å². The highest BCUT2D eigenvalue weighted by Gasteiger charge is 2.12. The van der Waals surface area contributed by atoms with Gasteiger partial charge in [-0.3, -0.25) is 0 Å². The molecule has 0 saturated carbocycles. The van der Waals surface area contributed by atoms with Crippen LogP contribution in [0, 0.1) is 5.82 Å². The van der Waals surface area contributed by atoms with Crippen LogP contribution in [0.1, 0.15) is 18.2 Å². The fourth-order valence-electron chi connectivity index (χ4n) is 4.27. The number of halogens is 2. The fourth-order valence-corrected chi connectivity index (χ4v) is 5.50. The van der Waals surface area contributed by atoms with Gasteiger partial charge in [0.15, 0.2) is 0 Å². The molecule has 5 aromatic rings. The van der Waals surface area contributed by atoms with Crippen LogP contribution in [0.3, 0.4) is 0 Å². The predicted octanol–water partition coefficient (Wildman–Crippen LogP) is 6.03. The largest absolute Gasteiger partial charge is 0.487 e. The molecule has 0 atom stereocenters. The van der Waals surface area contributed by atoms with Gasteiger partial charge in [0.1, 0.15) is 41.8 Å². The minimum absolute atomic E-state index is 0.00919. The van der Waals surface area contributed by atoms with Gasteiger partial charge in [-0.15, -0.1) is 0 Å². The molecule has 0 amide bonds. The van der Waals surface area contributed by atoms with Gasteiger partial charge in [-0.1, -0.05) is 30.7 Å². The van der Waals surface area contributed by atoms with Gasteiger partial charge in [-0.2, -0.15) is 0 Å². The second-order valence-corrected chi connectivity index (χ2v) is 11.7. The van der Waals surface area contributed by atoms with Crippen LogP contribution in [0.2, 0.25) is 5.02 Å². The van der Waals surface area contributed by atoms with Crippen LogP contribution in [0.5, 0.6) is 5.75 Å². The van der Waals surface area contributed by atoms with Gasteiger partial charge >= 0.3 is 0 Å². The highest BCUT2D eigenvalue weighted by atomic mass is 35.5. The van der Waals surface area contributed by atoms with Crippen LogP contribution in [0.4, 0.5) is 15.9 Å². The second kappa shape index (κ2) is 13.3. The number of sulfonamides is 1. The van der Waals surface area contributed by atoms with E-state index in [2.05, 4.69) is 25.3 Å². The lowest BCUT2D eigenvalue weighted by atomic mass is 10.1. The first kappa shape index (κ1) is 29.5. The number of aromatic nitrogens is 2. The summed E-state index contributed by atoms with van der Waals surface area (Å²) >= 11 is 6.48. The first-order valence-electron chi connectivity index (χ1n) is 13.3. The summed E-state index contributed by atoms with van der Waals surface area (Å²) in [5.41, 5.74) is 2.98. The van der Waals surface area contributed by atoms with Crippen molar-refractivity contribution in [3.05, 3.63) is 101 Å². The number of nitrogens with zero attached hydrogens (tertiary/aromatic N) is 2. The Balaban J connectivity index is 1.26. The Labute approximate surface area is 248 Å². The number of furan rings is 1. The van der Waals surface area contributed by atoms with Crippen LogP contribution < -0.4 is 20.1 Å².